The van der Waals surface area contributed by atoms with Crippen LogP contribution >= 0.6 is 10.8 Å². The standard InChI is InChI=1S/C22H33NO6S2/c1-17(2)7-6-12-23-21(24)16-28-13-14-29-22(30-31(25,26)27)20-9-5-8-19(15-20)11-10-18(3)4/h5,8-9,15,17-18,22H,10-14,16H2,1-4H3,(H,23,24)(H,25,26,27). The van der Waals surface area contributed by atoms with E-state index >= 15 is 0 Å². The largest absolute Gasteiger partial charge is 0.369 e. The molecule has 1 atom stereocenters. The third kappa shape index (κ3) is 14.2. The molecule has 0 aliphatic carbocycles. The average Bonchev–Trinajstić information content (AvgIpc) is 2.67. The van der Waals surface area contributed by atoms with E-state index in [9.17, 15) is 17.8 Å². The number of benzene rings is 1. The van der Waals surface area contributed by atoms with Gasteiger partial charge < -0.3 is 14.8 Å². The molecule has 9 heteroatoms. The maximum Gasteiger partial charge on any atom is 0.322 e. The topological polar surface area (TPSA) is 102 Å². The van der Waals surface area contributed by atoms with Crippen molar-refractivity contribution in [3.63, 3.8) is 0 Å². The van der Waals surface area contributed by atoms with Crippen LogP contribution in [0.4, 0.5) is 0 Å². The second kappa shape index (κ2) is 14.5. The molecule has 0 spiro atoms. The van der Waals surface area contributed by atoms with Gasteiger partial charge in [-0.1, -0.05) is 63.8 Å². The summed E-state index contributed by atoms with van der Waals surface area (Å²) in [5.41, 5.74) is 0.812. The number of carbonyl (C=O) groups excluding carboxylic acids is 1. The minimum atomic E-state index is -4.31. The zero-order valence-electron chi connectivity index (χ0n) is 18.6. The van der Waals surface area contributed by atoms with Crippen LogP contribution in [0.1, 0.15) is 50.7 Å². The van der Waals surface area contributed by atoms with Crippen molar-refractivity contribution in [2.45, 2.75) is 46.0 Å². The molecule has 0 heterocycles. The number of aryl methyl sites for hydroxylation is 1. The fourth-order valence-corrected chi connectivity index (χ4v) is 4.26. The van der Waals surface area contributed by atoms with Crippen molar-refractivity contribution in [1.29, 1.82) is 0 Å². The van der Waals surface area contributed by atoms with Crippen LogP contribution in [0.3, 0.4) is 0 Å². The molecule has 0 aliphatic heterocycles. The predicted octanol–water partition coefficient (Wildman–Crippen LogP) is 3.62. The van der Waals surface area contributed by atoms with E-state index in [1.54, 1.807) is 6.07 Å². The van der Waals surface area contributed by atoms with Crippen molar-refractivity contribution >= 4 is 25.9 Å². The van der Waals surface area contributed by atoms with Crippen molar-refractivity contribution < 1.29 is 27.2 Å². The van der Waals surface area contributed by atoms with Gasteiger partial charge in [-0.15, -0.1) is 0 Å². The third-order valence-corrected chi connectivity index (χ3v) is 6.02. The summed E-state index contributed by atoms with van der Waals surface area (Å²) in [6, 6.07) is 7.47. The maximum atomic E-state index is 11.7. The number of ether oxygens (including phenoxy) is 2. The number of hydrogen-bond donors (Lipinski definition) is 2. The lowest BCUT2D eigenvalue weighted by Gasteiger charge is -2.17. The zero-order valence-corrected chi connectivity index (χ0v) is 20.2. The quantitative estimate of drug-likeness (QED) is 0.149. The average molecular weight is 472 g/mol. The van der Waals surface area contributed by atoms with Gasteiger partial charge in [0, 0.05) is 16.7 Å². The Balaban J connectivity index is 2.54. The maximum absolute atomic E-state index is 11.7. The lowest BCUT2D eigenvalue weighted by atomic mass is 10.0. The highest BCUT2D eigenvalue weighted by Gasteiger charge is 2.21. The minimum Gasteiger partial charge on any atom is -0.369 e. The smallest absolute Gasteiger partial charge is 0.322 e. The summed E-state index contributed by atoms with van der Waals surface area (Å²) in [6.07, 6.45) is 1.88. The van der Waals surface area contributed by atoms with Crippen LogP contribution in [0.25, 0.3) is 0 Å². The van der Waals surface area contributed by atoms with Crippen LogP contribution in [0, 0.1) is 23.7 Å². The predicted molar refractivity (Wildman–Crippen MR) is 124 cm³/mol. The van der Waals surface area contributed by atoms with Crippen LogP contribution in [-0.2, 0) is 29.8 Å². The number of carbonyl (C=O) groups is 1. The summed E-state index contributed by atoms with van der Waals surface area (Å²) in [7, 11) is -3.99. The molecule has 0 saturated heterocycles. The van der Waals surface area contributed by atoms with Crippen molar-refractivity contribution in [3.8, 4) is 11.8 Å². The summed E-state index contributed by atoms with van der Waals surface area (Å²) in [5, 5.41) is 2.63. The first-order valence-electron chi connectivity index (χ1n) is 10.3. The van der Waals surface area contributed by atoms with Gasteiger partial charge in [0.1, 0.15) is 12.0 Å². The summed E-state index contributed by atoms with van der Waals surface area (Å²) in [5.74, 6) is 6.30. The van der Waals surface area contributed by atoms with Crippen LogP contribution in [0.2, 0.25) is 0 Å². The fourth-order valence-electron chi connectivity index (χ4n) is 2.47. The van der Waals surface area contributed by atoms with Crippen molar-refractivity contribution in [3.05, 3.63) is 35.4 Å². The van der Waals surface area contributed by atoms with E-state index in [0.29, 0.717) is 22.3 Å². The molecule has 2 N–H and O–H groups in total. The van der Waals surface area contributed by atoms with Crippen LogP contribution in [0.15, 0.2) is 24.3 Å². The molecule has 1 amide bonds. The number of hydrogen-bond acceptors (Lipinski definition) is 6. The number of nitrogens with one attached hydrogen (secondary N) is 1. The van der Waals surface area contributed by atoms with E-state index in [4.69, 9.17) is 9.47 Å². The summed E-state index contributed by atoms with van der Waals surface area (Å²) < 4.78 is 43.0. The molecule has 1 aromatic rings. The van der Waals surface area contributed by atoms with Gasteiger partial charge in [0.2, 0.25) is 5.91 Å². The first-order valence-corrected chi connectivity index (χ1v) is 13.1. The Morgan fingerprint density at radius 3 is 2.61 bits per heavy atom. The Bertz CT molecular complexity index is 843. The van der Waals surface area contributed by atoms with Gasteiger partial charge >= 0.3 is 9.15 Å². The van der Waals surface area contributed by atoms with Gasteiger partial charge in [-0.25, -0.2) is 0 Å². The van der Waals surface area contributed by atoms with Crippen LogP contribution < -0.4 is 5.32 Å². The van der Waals surface area contributed by atoms with Crippen molar-refractivity contribution in [1.82, 2.24) is 5.32 Å². The molecule has 1 aromatic carbocycles. The summed E-state index contributed by atoms with van der Waals surface area (Å²) in [4.78, 5) is 11.7. The molecule has 7 nitrogen and oxygen atoms in total. The van der Waals surface area contributed by atoms with Crippen molar-refractivity contribution in [2.24, 2.45) is 11.8 Å². The molecule has 0 aliphatic rings. The second-order valence-electron chi connectivity index (χ2n) is 7.71. The van der Waals surface area contributed by atoms with Gasteiger partial charge in [0.15, 0.2) is 0 Å². The lowest BCUT2D eigenvalue weighted by Crippen LogP contribution is -2.28. The third-order valence-electron chi connectivity index (χ3n) is 3.94. The molecule has 1 rings (SSSR count). The lowest BCUT2D eigenvalue weighted by molar-refractivity contribution is -0.126. The highest BCUT2D eigenvalue weighted by atomic mass is 33.1. The van der Waals surface area contributed by atoms with Gasteiger partial charge in [0.25, 0.3) is 0 Å². The second-order valence-corrected chi connectivity index (χ2v) is 11.0. The van der Waals surface area contributed by atoms with E-state index in [1.807, 2.05) is 32.0 Å². The van der Waals surface area contributed by atoms with E-state index in [-0.39, 0.29) is 38.2 Å². The highest BCUT2D eigenvalue weighted by Crippen LogP contribution is 2.34. The molecule has 0 radical (unpaired) electrons. The highest BCUT2D eigenvalue weighted by molar-refractivity contribution is 8.69. The minimum absolute atomic E-state index is 0.0594. The van der Waals surface area contributed by atoms with Crippen LogP contribution in [0.5, 0.6) is 0 Å². The molecule has 174 valence electrons. The Labute approximate surface area is 189 Å². The Kier molecular flexibility index (Phi) is 12.8. The summed E-state index contributed by atoms with van der Waals surface area (Å²) >= 11 is 0. The Hall–Kier alpha value is -1.57. The Morgan fingerprint density at radius 2 is 1.97 bits per heavy atom. The Morgan fingerprint density at radius 1 is 1.23 bits per heavy atom. The van der Waals surface area contributed by atoms with Gasteiger partial charge in [-0.3, -0.25) is 9.35 Å². The normalized spacial score (nSPS) is 12.5. The SMILES string of the molecule is CC(C)C#CCNC(=O)COCCOC(SS(=O)(=O)O)c1cccc(CCC(C)C)c1. The molecule has 0 bridgehead atoms. The molecule has 31 heavy (non-hydrogen) atoms. The molecule has 0 fully saturated rings. The van der Waals surface area contributed by atoms with Gasteiger partial charge in [-0.2, -0.15) is 8.42 Å². The van der Waals surface area contributed by atoms with Crippen molar-refractivity contribution in [2.75, 3.05) is 26.4 Å². The monoisotopic (exact) mass is 471 g/mol. The van der Waals surface area contributed by atoms with Crippen LogP contribution in [-0.4, -0.2) is 45.2 Å². The molecule has 1 unspecified atom stereocenters. The van der Waals surface area contributed by atoms with E-state index in [2.05, 4.69) is 31.0 Å². The van der Waals surface area contributed by atoms with E-state index < -0.39 is 14.6 Å². The van der Waals surface area contributed by atoms with Gasteiger partial charge in [0.05, 0.1) is 19.8 Å². The molecule has 0 saturated carbocycles. The zero-order chi connectivity index (χ0) is 23.3. The number of amides is 1. The van der Waals surface area contributed by atoms with Gasteiger partial charge in [-0.05, 0) is 29.9 Å². The van der Waals surface area contributed by atoms with E-state index in [0.717, 1.165) is 18.4 Å². The first kappa shape index (κ1) is 27.5. The van der Waals surface area contributed by atoms with E-state index in [1.165, 1.54) is 0 Å². The molecule has 0 aromatic heterocycles. The molecular formula is C22H33NO6S2. The summed E-state index contributed by atoms with van der Waals surface area (Å²) in [6.45, 7) is 8.49. The first-order chi connectivity index (χ1) is 14.6. The molecular weight excluding hydrogens is 438 g/mol. The fraction of sp³-hybridized carbons (Fsp3) is 0.591. The number of rotatable bonds is 13.